The molecule has 2 atom stereocenters. The molecule has 0 saturated carbocycles. The number of benzene rings is 1. The fourth-order valence-electron chi connectivity index (χ4n) is 3.50. The number of ether oxygens (including phenoxy) is 4. The standard InChI is InChI=1S/C21H33N3O6/c1-6-24(7-2)21(26)30-13-15-12-22-9-8-16(15)23-20(25)14-10-17(27-3)19(29-5)18(11-14)28-4/h10-11,15-16,22H,6-9,12-13H2,1-5H3,(H,23,25)/t15-,16-/m0/s1. The Hall–Kier alpha value is -2.68. The van der Waals surface area contributed by atoms with Crippen LogP contribution in [-0.4, -0.2) is 77.1 Å². The van der Waals surface area contributed by atoms with Gasteiger partial charge in [-0.1, -0.05) is 0 Å². The van der Waals surface area contributed by atoms with E-state index in [0.29, 0.717) is 42.4 Å². The highest BCUT2D eigenvalue weighted by molar-refractivity contribution is 5.95. The highest BCUT2D eigenvalue weighted by Crippen LogP contribution is 2.38. The molecule has 1 aromatic rings. The molecule has 2 N–H and O–H groups in total. The molecule has 1 aliphatic heterocycles. The number of hydrogen-bond acceptors (Lipinski definition) is 7. The summed E-state index contributed by atoms with van der Waals surface area (Å²) in [6.07, 6.45) is 0.407. The normalized spacial score (nSPS) is 18.3. The monoisotopic (exact) mass is 423 g/mol. The second-order valence-corrected chi connectivity index (χ2v) is 7.00. The van der Waals surface area contributed by atoms with Crippen LogP contribution in [0.15, 0.2) is 12.1 Å². The number of methoxy groups -OCH3 is 3. The van der Waals surface area contributed by atoms with Gasteiger partial charge in [0, 0.05) is 37.2 Å². The van der Waals surface area contributed by atoms with Crippen molar-refractivity contribution in [3.63, 3.8) is 0 Å². The number of hydrogen-bond donors (Lipinski definition) is 2. The second kappa shape index (κ2) is 11.5. The zero-order valence-electron chi connectivity index (χ0n) is 18.4. The van der Waals surface area contributed by atoms with Gasteiger partial charge in [0.2, 0.25) is 5.75 Å². The molecule has 0 bridgehead atoms. The fraction of sp³-hybridized carbons (Fsp3) is 0.619. The van der Waals surface area contributed by atoms with Gasteiger partial charge in [-0.25, -0.2) is 4.79 Å². The lowest BCUT2D eigenvalue weighted by atomic mass is 9.93. The molecule has 9 nitrogen and oxygen atoms in total. The van der Waals surface area contributed by atoms with Crippen LogP contribution in [0.1, 0.15) is 30.6 Å². The lowest BCUT2D eigenvalue weighted by Crippen LogP contribution is -2.51. The molecule has 168 valence electrons. The van der Waals surface area contributed by atoms with Gasteiger partial charge in [-0.3, -0.25) is 4.79 Å². The van der Waals surface area contributed by atoms with Gasteiger partial charge in [0.05, 0.1) is 27.9 Å². The van der Waals surface area contributed by atoms with Crippen molar-refractivity contribution < 1.29 is 28.5 Å². The van der Waals surface area contributed by atoms with Crippen LogP contribution in [0.25, 0.3) is 0 Å². The Morgan fingerprint density at radius 1 is 1.10 bits per heavy atom. The number of amides is 2. The van der Waals surface area contributed by atoms with E-state index in [1.54, 1.807) is 17.0 Å². The summed E-state index contributed by atoms with van der Waals surface area (Å²) in [7, 11) is 4.53. The third-order valence-corrected chi connectivity index (χ3v) is 5.29. The average molecular weight is 424 g/mol. The summed E-state index contributed by atoms with van der Waals surface area (Å²) in [6, 6.07) is 3.11. The molecule has 1 heterocycles. The van der Waals surface area contributed by atoms with Crippen LogP contribution in [-0.2, 0) is 4.74 Å². The Balaban J connectivity index is 2.09. The first kappa shape index (κ1) is 23.6. The van der Waals surface area contributed by atoms with E-state index in [-0.39, 0.29) is 30.6 Å². The second-order valence-electron chi connectivity index (χ2n) is 7.00. The van der Waals surface area contributed by atoms with Crippen molar-refractivity contribution in [3.05, 3.63) is 17.7 Å². The Morgan fingerprint density at radius 3 is 2.27 bits per heavy atom. The maximum atomic E-state index is 12.9. The topological polar surface area (TPSA) is 98.4 Å². The number of nitrogens with zero attached hydrogens (tertiary/aromatic N) is 1. The fourth-order valence-corrected chi connectivity index (χ4v) is 3.50. The third-order valence-electron chi connectivity index (χ3n) is 5.29. The molecule has 9 heteroatoms. The first-order valence-electron chi connectivity index (χ1n) is 10.2. The van der Waals surface area contributed by atoms with E-state index in [1.807, 2.05) is 13.8 Å². The highest BCUT2D eigenvalue weighted by atomic mass is 16.6. The molecular formula is C21H33N3O6. The van der Waals surface area contributed by atoms with Gasteiger partial charge in [-0.15, -0.1) is 0 Å². The quantitative estimate of drug-likeness (QED) is 0.626. The molecule has 1 aliphatic rings. The molecule has 0 aromatic heterocycles. The SMILES string of the molecule is CCN(CC)C(=O)OC[C@@H]1CNCC[C@@H]1NC(=O)c1cc(OC)c(OC)c(OC)c1. The molecule has 30 heavy (non-hydrogen) atoms. The van der Waals surface area contributed by atoms with Gasteiger partial charge >= 0.3 is 6.09 Å². The van der Waals surface area contributed by atoms with Crippen molar-refractivity contribution in [2.45, 2.75) is 26.3 Å². The van der Waals surface area contributed by atoms with Crippen LogP contribution in [0.5, 0.6) is 17.2 Å². The summed E-state index contributed by atoms with van der Waals surface area (Å²) in [5.41, 5.74) is 0.405. The van der Waals surface area contributed by atoms with Gasteiger partial charge in [0.1, 0.15) is 0 Å². The maximum absolute atomic E-state index is 12.9. The van der Waals surface area contributed by atoms with Gasteiger partial charge in [-0.05, 0) is 38.9 Å². The molecule has 1 fully saturated rings. The van der Waals surface area contributed by atoms with E-state index < -0.39 is 0 Å². The van der Waals surface area contributed by atoms with E-state index in [4.69, 9.17) is 18.9 Å². The number of carbonyl (C=O) groups excluding carboxylic acids is 2. The minimum Gasteiger partial charge on any atom is -0.493 e. The molecule has 1 saturated heterocycles. The van der Waals surface area contributed by atoms with Crippen LogP contribution in [0.2, 0.25) is 0 Å². The minimum absolute atomic E-state index is 0.0238. The number of piperidine rings is 1. The lowest BCUT2D eigenvalue weighted by Gasteiger charge is -2.33. The van der Waals surface area contributed by atoms with Crippen molar-refractivity contribution in [2.24, 2.45) is 5.92 Å². The zero-order chi connectivity index (χ0) is 22.1. The lowest BCUT2D eigenvalue weighted by molar-refractivity contribution is 0.0724. The van der Waals surface area contributed by atoms with E-state index >= 15 is 0 Å². The third kappa shape index (κ3) is 5.69. The largest absolute Gasteiger partial charge is 0.493 e. The molecule has 0 spiro atoms. The van der Waals surface area contributed by atoms with Crippen LogP contribution < -0.4 is 24.8 Å². The molecule has 1 aromatic carbocycles. The maximum Gasteiger partial charge on any atom is 0.409 e. The zero-order valence-corrected chi connectivity index (χ0v) is 18.4. The molecular weight excluding hydrogens is 390 g/mol. The molecule has 2 rings (SSSR count). The van der Waals surface area contributed by atoms with Gasteiger partial charge < -0.3 is 34.5 Å². The van der Waals surface area contributed by atoms with Crippen LogP contribution in [0.3, 0.4) is 0 Å². The van der Waals surface area contributed by atoms with E-state index in [2.05, 4.69) is 10.6 Å². The highest BCUT2D eigenvalue weighted by Gasteiger charge is 2.29. The van der Waals surface area contributed by atoms with Gasteiger partial charge in [0.25, 0.3) is 5.91 Å². The Labute approximate surface area is 178 Å². The van der Waals surface area contributed by atoms with Crippen LogP contribution >= 0.6 is 0 Å². The molecule has 2 amide bonds. The minimum atomic E-state index is -0.333. The number of nitrogens with one attached hydrogen (secondary N) is 2. The van der Waals surface area contributed by atoms with Crippen LogP contribution in [0, 0.1) is 5.92 Å². The van der Waals surface area contributed by atoms with Crippen molar-refractivity contribution in [2.75, 3.05) is 54.1 Å². The molecule has 0 radical (unpaired) electrons. The molecule has 0 aliphatic carbocycles. The number of carbonyl (C=O) groups is 2. The first-order chi connectivity index (χ1) is 14.5. The smallest absolute Gasteiger partial charge is 0.409 e. The van der Waals surface area contributed by atoms with Crippen LogP contribution in [0.4, 0.5) is 4.79 Å². The summed E-state index contributed by atoms with van der Waals surface area (Å²) in [5, 5.41) is 6.37. The van der Waals surface area contributed by atoms with E-state index in [9.17, 15) is 9.59 Å². The van der Waals surface area contributed by atoms with Gasteiger partial charge in [0.15, 0.2) is 11.5 Å². The Kier molecular flexibility index (Phi) is 9.04. The summed E-state index contributed by atoms with van der Waals surface area (Å²) < 4.78 is 21.5. The summed E-state index contributed by atoms with van der Waals surface area (Å²) in [5.74, 6) is 0.985. The summed E-state index contributed by atoms with van der Waals surface area (Å²) in [4.78, 5) is 26.7. The summed E-state index contributed by atoms with van der Waals surface area (Å²) >= 11 is 0. The van der Waals surface area contributed by atoms with Crippen molar-refractivity contribution in [1.29, 1.82) is 0 Å². The van der Waals surface area contributed by atoms with Crippen molar-refractivity contribution in [3.8, 4) is 17.2 Å². The van der Waals surface area contributed by atoms with Crippen molar-refractivity contribution >= 4 is 12.0 Å². The Bertz CT molecular complexity index is 698. The number of rotatable bonds is 9. The van der Waals surface area contributed by atoms with Crippen molar-refractivity contribution in [1.82, 2.24) is 15.5 Å². The predicted octanol–water partition coefficient (Wildman–Crippen LogP) is 1.90. The average Bonchev–Trinajstić information content (AvgIpc) is 2.78. The predicted molar refractivity (Wildman–Crippen MR) is 113 cm³/mol. The summed E-state index contributed by atoms with van der Waals surface area (Å²) in [6.45, 7) is 6.69. The van der Waals surface area contributed by atoms with E-state index in [1.165, 1.54) is 21.3 Å². The molecule has 0 unspecified atom stereocenters. The van der Waals surface area contributed by atoms with Gasteiger partial charge in [-0.2, -0.15) is 0 Å². The first-order valence-corrected chi connectivity index (χ1v) is 10.2. The Morgan fingerprint density at radius 2 is 1.73 bits per heavy atom. The van der Waals surface area contributed by atoms with E-state index in [0.717, 1.165) is 13.0 Å².